The maximum absolute atomic E-state index is 14.7. The lowest BCUT2D eigenvalue weighted by Crippen LogP contribution is -2.38. The van der Waals surface area contributed by atoms with Gasteiger partial charge in [-0.15, -0.1) is 11.3 Å². The summed E-state index contributed by atoms with van der Waals surface area (Å²) in [4.78, 5) is 34.5. The number of aryl methyl sites for hydroxylation is 1. The summed E-state index contributed by atoms with van der Waals surface area (Å²) >= 11 is 7.67. The van der Waals surface area contributed by atoms with Gasteiger partial charge in [0, 0.05) is 35.0 Å². The number of hydrogen-bond donors (Lipinski definition) is 1. The van der Waals surface area contributed by atoms with E-state index in [9.17, 15) is 18.4 Å². The number of ether oxygens (including phenoxy) is 2. The van der Waals surface area contributed by atoms with Crippen LogP contribution in [0.15, 0.2) is 46.2 Å². The second kappa shape index (κ2) is 11.6. The summed E-state index contributed by atoms with van der Waals surface area (Å²) in [7, 11) is 1.40. The van der Waals surface area contributed by atoms with E-state index in [0.29, 0.717) is 48.6 Å². The smallest absolute Gasteiger partial charge is 0.338 e. The molecule has 1 fully saturated rings. The predicted octanol–water partition coefficient (Wildman–Crippen LogP) is 5.11. The Morgan fingerprint density at radius 1 is 1.26 bits per heavy atom. The standard InChI is InChI=1S/C29H28ClF2N5O4S/c1-3-41-29(39)21-24(14-4-7-20-16(10-14)13-37(36-20)17-11-15(12-17)28(38)40-2)34-26(27-33-8-9-42-27)35-25(21)18-5-6-19(31)23(32)22(18)30/h5-6,8-9,13-15,17,25H,3-4,7,10-12H2,1-2H3,(H,34,35). The van der Waals surface area contributed by atoms with Gasteiger partial charge in [-0.25, -0.2) is 18.6 Å². The number of aliphatic imine (C=N–C) groups is 1. The third kappa shape index (κ3) is 5.11. The number of carbonyl (C=O) groups excluding carboxylic acids is 2. The fourth-order valence-electron chi connectivity index (χ4n) is 5.87. The molecule has 1 saturated carbocycles. The van der Waals surface area contributed by atoms with Crippen molar-refractivity contribution in [3.63, 3.8) is 0 Å². The van der Waals surface area contributed by atoms with Crippen molar-refractivity contribution in [3.05, 3.63) is 79.7 Å². The Labute approximate surface area is 249 Å². The number of nitrogens with one attached hydrogen (secondary N) is 1. The fourth-order valence-corrected chi connectivity index (χ4v) is 6.71. The van der Waals surface area contributed by atoms with Gasteiger partial charge >= 0.3 is 11.9 Å². The average molecular weight is 616 g/mol. The highest BCUT2D eigenvalue weighted by molar-refractivity contribution is 7.11. The third-order valence-electron chi connectivity index (χ3n) is 8.09. The van der Waals surface area contributed by atoms with Crippen LogP contribution in [0.1, 0.15) is 60.1 Å². The molecule has 3 aliphatic rings. The normalized spacial score (nSPS) is 23.4. The molecule has 0 saturated heterocycles. The highest BCUT2D eigenvalue weighted by Gasteiger charge is 2.40. The first-order valence-corrected chi connectivity index (χ1v) is 15.0. The molecule has 13 heteroatoms. The molecule has 9 nitrogen and oxygen atoms in total. The number of halogens is 3. The minimum Gasteiger partial charge on any atom is -0.469 e. The van der Waals surface area contributed by atoms with Crippen molar-refractivity contribution in [1.82, 2.24) is 20.1 Å². The largest absolute Gasteiger partial charge is 0.469 e. The van der Waals surface area contributed by atoms with Crippen LogP contribution >= 0.6 is 22.9 Å². The average Bonchev–Trinajstić information content (AvgIpc) is 3.65. The molecular formula is C29H28ClF2N5O4S. The molecule has 42 heavy (non-hydrogen) atoms. The number of aromatic nitrogens is 3. The number of nitrogens with zero attached hydrogens (tertiary/aromatic N) is 4. The summed E-state index contributed by atoms with van der Waals surface area (Å²) in [6, 6.07) is 1.41. The highest BCUT2D eigenvalue weighted by Crippen LogP contribution is 2.43. The minimum atomic E-state index is -1.20. The van der Waals surface area contributed by atoms with E-state index in [2.05, 4.69) is 10.3 Å². The highest BCUT2D eigenvalue weighted by atomic mass is 35.5. The van der Waals surface area contributed by atoms with Crippen molar-refractivity contribution in [1.29, 1.82) is 0 Å². The Morgan fingerprint density at radius 2 is 2.07 bits per heavy atom. The second-order valence-corrected chi connectivity index (χ2v) is 11.8. The van der Waals surface area contributed by atoms with Crippen molar-refractivity contribution >= 4 is 40.7 Å². The van der Waals surface area contributed by atoms with E-state index < -0.39 is 28.7 Å². The first-order valence-electron chi connectivity index (χ1n) is 13.7. The van der Waals surface area contributed by atoms with Crippen LogP contribution in [0, 0.1) is 23.5 Å². The first kappa shape index (κ1) is 28.5. The number of hydrogen-bond acceptors (Lipinski definition) is 9. The molecule has 220 valence electrons. The van der Waals surface area contributed by atoms with Gasteiger partial charge in [-0.1, -0.05) is 17.7 Å². The number of rotatable bonds is 7. The van der Waals surface area contributed by atoms with Crippen molar-refractivity contribution in [2.24, 2.45) is 16.8 Å². The monoisotopic (exact) mass is 615 g/mol. The predicted molar refractivity (Wildman–Crippen MR) is 151 cm³/mol. The first-order chi connectivity index (χ1) is 20.3. The number of methoxy groups -OCH3 is 1. The van der Waals surface area contributed by atoms with Gasteiger partial charge in [0.2, 0.25) is 0 Å². The van der Waals surface area contributed by atoms with Crippen LogP contribution < -0.4 is 5.32 Å². The van der Waals surface area contributed by atoms with Crippen LogP contribution in [0.5, 0.6) is 0 Å². The van der Waals surface area contributed by atoms with Gasteiger partial charge < -0.3 is 14.8 Å². The van der Waals surface area contributed by atoms with Gasteiger partial charge in [0.05, 0.1) is 42.0 Å². The Kier molecular flexibility index (Phi) is 7.84. The molecular weight excluding hydrogens is 588 g/mol. The van der Waals surface area contributed by atoms with Gasteiger partial charge in [-0.3, -0.25) is 14.5 Å². The molecule has 2 aromatic heterocycles. The molecule has 3 heterocycles. The zero-order chi connectivity index (χ0) is 29.5. The van der Waals surface area contributed by atoms with Crippen molar-refractivity contribution < 1.29 is 27.8 Å². The molecule has 2 atom stereocenters. The molecule has 2 unspecified atom stereocenters. The zero-order valence-corrected chi connectivity index (χ0v) is 24.5. The molecule has 3 aromatic rings. The van der Waals surface area contributed by atoms with Gasteiger partial charge in [-0.2, -0.15) is 5.10 Å². The van der Waals surface area contributed by atoms with Crippen molar-refractivity contribution in [2.45, 2.75) is 51.1 Å². The summed E-state index contributed by atoms with van der Waals surface area (Å²) in [5.41, 5.74) is 2.97. The number of carbonyl (C=O) groups is 2. The molecule has 0 bridgehead atoms. The van der Waals surface area contributed by atoms with Crippen LogP contribution in [-0.2, 0) is 31.9 Å². The van der Waals surface area contributed by atoms with Gasteiger partial charge in [0.15, 0.2) is 22.5 Å². The van der Waals surface area contributed by atoms with E-state index in [-0.39, 0.29) is 41.6 Å². The maximum Gasteiger partial charge on any atom is 0.338 e. The zero-order valence-electron chi connectivity index (χ0n) is 22.9. The van der Waals surface area contributed by atoms with E-state index in [4.69, 9.17) is 31.2 Å². The number of amidine groups is 1. The lowest BCUT2D eigenvalue weighted by Gasteiger charge is -2.33. The number of allylic oxidation sites excluding steroid dienone is 1. The lowest BCUT2D eigenvalue weighted by atomic mass is 9.80. The van der Waals surface area contributed by atoms with Crippen LogP contribution in [-0.4, -0.2) is 46.3 Å². The van der Waals surface area contributed by atoms with Crippen LogP contribution in [0.25, 0.3) is 0 Å². The summed E-state index contributed by atoms with van der Waals surface area (Å²) in [6.07, 6.45) is 6.95. The lowest BCUT2D eigenvalue weighted by molar-refractivity contribution is -0.150. The van der Waals surface area contributed by atoms with Crippen LogP contribution in [0.3, 0.4) is 0 Å². The van der Waals surface area contributed by atoms with Gasteiger partial charge in [-0.05, 0) is 50.7 Å². The Balaban J connectivity index is 1.38. The van der Waals surface area contributed by atoms with Crippen LogP contribution in [0.2, 0.25) is 5.02 Å². The maximum atomic E-state index is 14.7. The molecule has 6 rings (SSSR count). The molecule has 1 aromatic carbocycles. The Morgan fingerprint density at radius 3 is 2.79 bits per heavy atom. The van der Waals surface area contributed by atoms with Crippen molar-refractivity contribution in [2.75, 3.05) is 13.7 Å². The van der Waals surface area contributed by atoms with E-state index in [1.165, 1.54) is 24.5 Å². The second-order valence-electron chi connectivity index (χ2n) is 10.5. The van der Waals surface area contributed by atoms with E-state index >= 15 is 0 Å². The van der Waals surface area contributed by atoms with Gasteiger partial charge in [0.1, 0.15) is 6.04 Å². The number of fused-ring (bicyclic) bond motifs is 1. The SMILES string of the molecule is CCOC(=O)C1=C(C2CCc3nn(C4CC(C(=O)OC)C4)cc3C2)NC(c2nccs2)=NC1c1ccc(F)c(F)c1Cl. The summed E-state index contributed by atoms with van der Waals surface area (Å²) < 4.78 is 40.9. The number of benzene rings is 1. The minimum absolute atomic E-state index is 0.110. The molecule has 2 aliphatic carbocycles. The summed E-state index contributed by atoms with van der Waals surface area (Å²) in [6.45, 7) is 1.82. The van der Waals surface area contributed by atoms with Gasteiger partial charge in [0.25, 0.3) is 0 Å². The Bertz CT molecular complexity index is 1600. The van der Waals surface area contributed by atoms with E-state index in [1.54, 1.807) is 18.5 Å². The Hall–Kier alpha value is -3.64. The number of thiazole rings is 1. The summed E-state index contributed by atoms with van der Waals surface area (Å²) in [5.74, 6) is -2.97. The molecule has 0 amide bonds. The van der Waals surface area contributed by atoms with Crippen molar-refractivity contribution in [3.8, 4) is 0 Å². The quantitative estimate of drug-likeness (QED) is 0.291. The third-order valence-corrected chi connectivity index (χ3v) is 9.25. The fraction of sp³-hybridized carbons (Fsp3) is 0.414. The summed E-state index contributed by atoms with van der Waals surface area (Å²) in [5, 5.41) is 10.1. The topological polar surface area (TPSA) is 108 Å². The molecule has 0 spiro atoms. The van der Waals surface area contributed by atoms with E-state index in [0.717, 1.165) is 17.3 Å². The molecule has 0 radical (unpaired) electrons. The molecule has 1 N–H and O–H groups in total. The number of esters is 2. The van der Waals surface area contributed by atoms with Crippen LogP contribution in [0.4, 0.5) is 8.78 Å². The van der Waals surface area contributed by atoms with E-state index in [1.807, 2.05) is 10.9 Å². The molecule has 1 aliphatic heterocycles.